The number of benzene rings is 1. The van der Waals surface area contributed by atoms with Crippen molar-refractivity contribution in [3.8, 4) is 0 Å². The van der Waals surface area contributed by atoms with Gasteiger partial charge in [0.2, 0.25) is 6.23 Å². The molecule has 0 aliphatic carbocycles. The maximum atomic E-state index is 15.3. The quantitative estimate of drug-likeness (QED) is 0.216. The van der Waals surface area contributed by atoms with E-state index in [0.717, 1.165) is 37.1 Å². The van der Waals surface area contributed by atoms with Crippen LogP contribution in [-0.2, 0) is 30.2 Å². The zero-order valence-electron chi connectivity index (χ0n) is 23.5. The Morgan fingerprint density at radius 2 is 1.81 bits per heavy atom. The number of alkyl halides is 2. The molecule has 2 aromatic rings. The van der Waals surface area contributed by atoms with Crippen molar-refractivity contribution in [1.82, 2.24) is 9.55 Å². The highest BCUT2D eigenvalue weighted by atomic mass is 19.3. The lowest BCUT2D eigenvalue weighted by molar-refractivity contribution is -0.176. The Labute approximate surface area is 242 Å². The number of halogens is 2. The van der Waals surface area contributed by atoms with Gasteiger partial charge in [0.15, 0.2) is 6.10 Å². The van der Waals surface area contributed by atoms with Crippen LogP contribution in [0.15, 0.2) is 47.4 Å². The van der Waals surface area contributed by atoms with Crippen molar-refractivity contribution in [2.24, 2.45) is 0 Å². The van der Waals surface area contributed by atoms with E-state index in [-0.39, 0.29) is 43.9 Å². The second-order valence-electron chi connectivity index (χ2n) is 10.0. The summed E-state index contributed by atoms with van der Waals surface area (Å²) in [5.74, 6) is -5.06. The van der Waals surface area contributed by atoms with Crippen LogP contribution in [0.4, 0.5) is 19.4 Å². The minimum Gasteiger partial charge on any atom is -0.453 e. The minimum absolute atomic E-state index is 0.00643. The van der Waals surface area contributed by atoms with Crippen LogP contribution in [0.5, 0.6) is 0 Å². The lowest BCUT2D eigenvalue weighted by Crippen LogP contribution is -2.44. The summed E-state index contributed by atoms with van der Waals surface area (Å²) < 4.78 is 46.4. The van der Waals surface area contributed by atoms with Gasteiger partial charge < -0.3 is 19.3 Å². The number of carbonyl (C=O) groups excluding carboxylic acids is 3. The number of unbranched alkanes of at least 4 members (excludes halogenated alkanes) is 4. The number of hydrogen-bond donors (Lipinski definition) is 2. The van der Waals surface area contributed by atoms with Crippen LogP contribution in [0, 0.1) is 0 Å². The van der Waals surface area contributed by atoms with Crippen LogP contribution in [0.2, 0.25) is 0 Å². The van der Waals surface area contributed by atoms with Crippen LogP contribution in [0.1, 0.15) is 70.1 Å². The largest absolute Gasteiger partial charge is 0.453 e. The van der Waals surface area contributed by atoms with E-state index in [4.69, 9.17) is 14.2 Å². The number of ketones is 1. The van der Waals surface area contributed by atoms with Gasteiger partial charge in [-0.1, -0.05) is 56.5 Å². The van der Waals surface area contributed by atoms with E-state index in [1.807, 2.05) is 37.3 Å². The molecule has 230 valence electrons. The molecular formula is C29H37F2N3O8. The van der Waals surface area contributed by atoms with Crippen LogP contribution < -0.4 is 11.0 Å². The molecule has 1 aliphatic rings. The van der Waals surface area contributed by atoms with Crippen molar-refractivity contribution < 1.29 is 42.5 Å². The monoisotopic (exact) mass is 593 g/mol. The number of carbonyl (C=O) groups is 3. The van der Waals surface area contributed by atoms with E-state index in [1.165, 1.54) is 0 Å². The summed E-state index contributed by atoms with van der Waals surface area (Å²) in [4.78, 5) is 52.5. The van der Waals surface area contributed by atoms with Crippen molar-refractivity contribution in [3.05, 3.63) is 58.6 Å². The molecule has 1 saturated heterocycles. The fraction of sp³-hybridized carbons (Fsp3) is 0.552. The van der Waals surface area contributed by atoms with E-state index < -0.39 is 48.7 Å². The highest BCUT2D eigenvalue weighted by molar-refractivity contribution is 5.83. The Hall–Kier alpha value is -3.71. The van der Waals surface area contributed by atoms with E-state index in [1.54, 1.807) is 0 Å². The van der Waals surface area contributed by atoms with E-state index in [9.17, 15) is 24.3 Å². The highest BCUT2D eigenvalue weighted by Gasteiger charge is 2.62. The number of Topliss-reactive ketones (excluding diaryl/α,β-unsaturated/α-hetero) is 1. The van der Waals surface area contributed by atoms with Gasteiger partial charge in [0, 0.05) is 25.5 Å². The molecule has 11 nitrogen and oxygen atoms in total. The van der Waals surface area contributed by atoms with Crippen LogP contribution >= 0.6 is 0 Å². The first kappa shape index (κ1) is 32.8. The number of rotatable bonds is 16. The summed E-state index contributed by atoms with van der Waals surface area (Å²) in [5, 5.41) is 11.9. The Morgan fingerprint density at radius 3 is 2.50 bits per heavy atom. The number of anilines is 1. The lowest BCUT2D eigenvalue weighted by Gasteiger charge is -2.24. The molecule has 3 rings (SSSR count). The predicted molar refractivity (Wildman–Crippen MR) is 147 cm³/mol. The van der Waals surface area contributed by atoms with Gasteiger partial charge in [-0.15, -0.1) is 0 Å². The van der Waals surface area contributed by atoms with Crippen LogP contribution in [0.3, 0.4) is 0 Å². The molecule has 0 saturated carbocycles. The number of aliphatic hydroxyl groups excluding tert-OH is 1. The maximum absolute atomic E-state index is 15.3. The van der Waals surface area contributed by atoms with Crippen LogP contribution in [-0.4, -0.2) is 63.8 Å². The molecule has 0 radical (unpaired) electrons. The molecule has 1 amide bonds. The molecule has 1 aromatic carbocycles. The van der Waals surface area contributed by atoms with Crippen molar-refractivity contribution in [1.29, 1.82) is 0 Å². The Kier molecular flexibility index (Phi) is 12.5. The lowest BCUT2D eigenvalue weighted by atomic mass is 10.0. The summed E-state index contributed by atoms with van der Waals surface area (Å²) in [6.45, 7) is 1.33. The van der Waals surface area contributed by atoms with E-state index >= 15 is 8.78 Å². The first-order valence-electron chi connectivity index (χ1n) is 14.1. The molecule has 1 aromatic heterocycles. The molecular weight excluding hydrogens is 556 g/mol. The second kappa shape index (κ2) is 16.1. The molecule has 3 atom stereocenters. The minimum atomic E-state index is -3.90. The third kappa shape index (κ3) is 9.41. The van der Waals surface area contributed by atoms with Gasteiger partial charge in [-0.3, -0.25) is 19.5 Å². The first-order valence-corrected chi connectivity index (χ1v) is 14.1. The molecule has 42 heavy (non-hydrogen) atoms. The fourth-order valence-corrected chi connectivity index (χ4v) is 4.46. The zero-order valence-corrected chi connectivity index (χ0v) is 23.5. The molecule has 2 heterocycles. The average molecular weight is 594 g/mol. The van der Waals surface area contributed by atoms with Crippen molar-refractivity contribution >= 4 is 23.7 Å². The third-order valence-electron chi connectivity index (χ3n) is 6.66. The Morgan fingerprint density at radius 1 is 1.07 bits per heavy atom. The summed E-state index contributed by atoms with van der Waals surface area (Å²) in [5.41, 5.74) is -0.282. The zero-order chi connectivity index (χ0) is 30.5. The number of ether oxygens (including phenoxy) is 3. The molecule has 1 aliphatic heterocycles. The third-order valence-corrected chi connectivity index (χ3v) is 6.66. The smallest absolute Gasteiger partial charge is 0.412 e. The molecule has 0 bridgehead atoms. The van der Waals surface area contributed by atoms with Gasteiger partial charge in [0.1, 0.15) is 17.7 Å². The van der Waals surface area contributed by atoms with Gasteiger partial charge >= 0.3 is 23.7 Å². The SMILES string of the molecule is CCCCCCOC(=O)Nc1ccn([C@@H]2O[C@H](CO)[C@@H](OC(=O)CCCCC(=O)Cc3ccccc3)C2(F)F)c(=O)n1. The predicted octanol–water partition coefficient (Wildman–Crippen LogP) is 4.18. The fourth-order valence-electron chi connectivity index (χ4n) is 4.46. The summed E-state index contributed by atoms with van der Waals surface area (Å²) in [7, 11) is 0. The Bertz CT molecular complexity index is 1240. The number of nitrogens with zero attached hydrogens (tertiary/aromatic N) is 2. The molecule has 2 N–H and O–H groups in total. The summed E-state index contributed by atoms with van der Waals surface area (Å²) in [6.07, 6.45) is -1.37. The number of esters is 1. The average Bonchev–Trinajstić information content (AvgIpc) is 3.20. The van der Waals surface area contributed by atoms with E-state index in [2.05, 4.69) is 10.3 Å². The highest BCUT2D eigenvalue weighted by Crippen LogP contribution is 2.44. The Balaban J connectivity index is 1.51. The number of nitrogens with one attached hydrogen (secondary N) is 1. The normalized spacial score (nSPS) is 19.3. The van der Waals surface area contributed by atoms with Gasteiger partial charge in [-0.25, -0.2) is 9.59 Å². The molecule has 13 heteroatoms. The standard InChI is InChI=1S/C29H37F2N3O8/c1-2-3-4-10-17-40-28(39)33-23-15-16-34(27(38)32-23)26-29(30,31)25(22(19-35)41-26)42-24(37)14-9-8-13-21(36)18-20-11-6-5-7-12-20/h5-7,11-12,15-16,22,25-26,35H,2-4,8-10,13-14,17-19H2,1H3,(H,32,33,38,39)/t22-,25-,26-/m1/s1. The number of aliphatic hydroxyl groups is 1. The van der Waals surface area contributed by atoms with E-state index in [0.29, 0.717) is 17.4 Å². The molecule has 1 fully saturated rings. The van der Waals surface area contributed by atoms with Crippen LogP contribution in [0.25, 0.3) is 0 Å². The number of hydrogen-bond acceptors (Lipinski definition) is 9. The molecule has 0 spiro atoms. The summed E-state index contributed by atoms with van der Waals surface area (Å²) in [6, 6.07) is 10.3. The topological polar surface area (TPSA) is 146 Å². The van der Waals surface area contributed by atoms with Crippen molar-refractivity contribution in [2.75, 3.05) is 18.5 Å². The maximum Gasteiger partial charge on any atom is 0.412 e. The second-order valence-corrected chi connectivity index (χ2v) is 10.0. The number of amides is 1. The van der Waals surface area contributed by atoms with Crippen molar-refractivity contribution in [3.63, 3.8) is 0 Å². The van der Waals surface area contributed by atoms with Gasteiger partial charge in [0.05, 0.1) is 13.2 Å². The first-order chi connectivity index (χ1) is 20.1. The van der Waals surface area contributed by atoms with Gasteiger partial charge in [0.25, 0.3) is 0 Å². The molecule has 0 unspecified atom stereocenters. The number of aromatic nitrogens is 2. The van der Waals surface area contributed by atoms with Gasteiger partial charge in [-0.05, 0) is 30.9 Å². The van der Waals surface area contributed by atoms with Gasteiger partial charge in [-0.2, -0.15) is 13.8 Å². The van der Waals surface area contributed by atoms with Crippen molar-refractivity contribution in [2.45, 2.75) is 89.1 Å². The summed E-state index contributed by atoms with van der Waals surface area (Å²) >= 11 is 0.